The minimum atomic E-state index is -0.838. The number of hydrogen-bond acceptors (Lipinski definition) is 4. The van der Waals surface area contributed by atoms with Crippen LogP contribution >= 0.6 is 15.9 Å². The van der Waals surface area contributed by atoms with E-state index >= 15 is 0 Å². The highest BCUT2D eigenvalue weighted by Crippen LogP contribution is 2.57. The second-order valence-corrected chi connectivity index (χ2v) is 5.19. The van der Waals surface area contributed by atoms with Gasteiger partial charge >= 0.3 is 5.97 Å². The number of carboxylic acid groups (broad SMARTS) is 1. The van der Waals surface area contributed by atoms with Gasteiger partial charge in [0.05, 0.1) is 12.5 Å². The molecule has 0 saturated heterocycles. The predicted molar refractivity (Wildman–Crippen MR) is 65.4 cm³/mol. The van der Waals surface area contributed by atoms with E-state index in [1.54, 1.807) is 6.07 Å². The molecule has 1 N–H and O–H groups in total. The summed E-state index contributed by atoms with van der Waals surface area (Å²) in [5.41, 5.74) is -0.192. The fourth-order valence-electron chi connectivity index (χ4n) is 2.26. The molecule has 6 heteroatoms. The fraction of sp³-hybridized carbons (Fsp3) is 0.417. The molecule has 1 fully saturated rings. The Kier molecular flexibility index (Phi) is 2.45. The van der Waals surface area contributed by atoms with Crippen molar-refractivity contribution in [3.05, 3.63) is 16.1 Å². The molecule has 96 valence electrons. The average Bonchev–Trinajstić information content (AvgIpc) is 3.02. The van der Waals surface area contributed by atoms with Crippen molar-refractivity contribution < 1.29 is 24.1 Å². The van der Waals surface area contributed by atoms with Crippen LogP contribution in [0.2, 0.25) is 0 Å². The number of carbonyl (C=O) groups is 1. The van der Waals surface area contributed by atoms with Crippen LogP contribution < -0.4 is 14.2 Å². The van der Waals surface area contributed by atoms with Gasteiger partial charge in [0, 0.05) is 5.56 Å². The van der Waals surface area contributed by atoms with E-state index in [2.05, 4.69) is 15.9 Å². The first-order chi connectivity index (χ1) is 8.60. The lowest BCUT2D eigenvalue weighted by Crippen LogP contribution is -2.20. The highest BCUT2D eigenvalue weighted by atomic mass is 79.9. The molecule has 0 aromatic heterocycles. The zero-order chi connectivity index (χ0) is 12.9. The van der Waals surface area contributed by atoms with Gasteiger partial charge in [0.25, 0.3) is 0 Å². The maximum Gasteiger partial charge on any atom is 0.314 e. The Bertz CT molecular complexity index is 536. The Morgan fingerprint density at radius 1 is 1.50 bits per heavy atom. The van der Waals surface area contributed by atoms with Crippen molar-refractivity contribution >= 4 is 21.9 Å². The van der Waals surface area contributed by atoms with Crippen molar-refractivity contribution in [2.45, 2.75) is 18.3 Å². The third-order valence-electron chi connectivity index (χ3n) is 3.44. The third kappa shape index (κ3) is 1.41. The summed E-state index contributed by atoms with van der Waals surface area (Å²) >= 11 is 3.39. The molecule has 0 unspecified atom stereocenters. The van der Waals surface area contributed by atoms with E-state index in [1.807, 2.05) is 0 Å². The number of halogens is 1. The molecule has 0 radical (unpaired) electrons. The summed E-state index contributed by atoms with van der Waals surface area (Å²) in [6.45, 7) is 0.139. The largest absolute Gasteiger partial charge is 0.495 e. The number of carboxylic acids is 1. The first-order valence-electron chi connectivity index (χ1n) is 5.50. The van der Waals surface area contributed by atoms with E-state index in [1.165, 1.54) is 7.11 Å². The smallest absolute Gasteiger partial charge is 0.314 e. The first kappa shape index (κ1) is 11.6. The molecule has 1 heterocycles. The lowest BCUT2D eigenvalue weighted by Gasteiger charge is -2.17. The van der Waals surface area contributed by atoms with Crippen LogP contribution in [0, 0.1) is 0 Å². The zero-order valence-electron chi connectivity index (χ0n) is 9.66. The number of aliphatic carboxylic acids is 1. The normalized spacial score (nSPS) is 18.6. The van der Waals surface area contributed by atoms with Crippen molar-refractivity contribution in [2.75, 3.05) is 13.9 Å². The van der Waals surface area contributed by atoms with E-state index in [4.69, 9.17) is 14.2 Å². The van der Waals surface area contributed by atoms with Gasteiger partial charge in [0.2, 0.25) is 6.79 Å². The number of hydrogen-bond donors (Lipinski definition) is 1. The first-order valence-corrected chi connectivity index (χ1v) is 6.29. The topological polar surface area (TPSA) is 65.0 Å². The Morgan fingerprint density at radius 3 is 2.78 bits per heavy atom. The Hall–Kier alpha value is -1.43. The molecule has 1 aromatic carbocycles. The number of benzene rings is 1. The summed E-state index contributed by atoms with van der Waals surface area (Å²) in [7, 11) is 1.52. The van der Waals surface area contributed by atoms with Crippen LogP contribution in [0.4, 0.5) is 0 Å². The molecule has 3 rings (SSSR count). The monoisotopic (exact) mass is 314 g/mol. The van der Waals surface area contributed by atoms with E-state index in [0.717, 1.165) is 0 Å². The fourth-order valence-corrected chi connectivity index (χ4v) is 2.95. The summed E-state index contributed by atoms with van der Waals surface area (Å²) < 4.78 is 16.6. The van der Waals surface area contributed by atoms with Gasteiger partial charge in [-0.15, -0.1) is 0 Å². The van der Waals surface area contributed by atoms with Gasteiger partial charge in [-0.2, -0.15) is 0 Å². The predicted octanol–water partition coefficient (Wildman–Crippen LogP) is 2.30. The Morgan fingerprint density at radius 2 is 2.22 bits per heavy atom. The molecular weight excluding hydrogens is 304 g/mol. The van der Waals surface area contributed by atoms with Crippen molar-refractivity contribution in [1.29, 1.82) is 0 Å². The van der Waals surface area contributed by atoms with E-state index in [9.17, 15) is 9.90 Å². The molecule has 1 aromatic rings. The summed E-state index contributed by atoms with van der Waals surface area (Å²) in [4.78, 5) is 11.4. The number of ether oxygens (including phenoxy) is 3. The Balaban J connectivity index is 2.21. The van der Waals surface area contributed by atoms with Gasteiger partial charge in [0.15, 0.2) is 11.5 Å². The lowest BCUT2D eigenvalue weighted by atomic mass is 9.94. The number of fused-ring (bicyclic) bond motifs is 1. The Labute approximate surface area is 112 Å². The molecule has 18 heavy (non-hydrogen) atoms. The van der Waals surface area contributed by atoms with Gasteiger partial charge in [-0.1, -0.05) is 0 Å². The highest BCUT2D eigenvalue weighted by molar-refractivity contribution is 9.10. The molecule has 0 amide bonds. The van der Waals surface area contributed by atoms with Crippen LogP contribution in [0.1, 0.15) is 18.4 Å². The van der Waals surface area contributed by atoms with Crippen LogP contribution in [-0.4, -0.2) is 25.0 Å². The molecule has 1 aliphatic carbocycles. The summed E-state index contributed by atoms with van der Waals surface area (Å²) in [6.07, 6.45) is 1.23. The summed E-state index contributed by atoms with van der Waals surface area (Å²) in [5.74, 6) is 0.813. The highest BCUT2D eigenvalue weighted by Gasteiger charge is 2.54. The third-order valence-corrected chi connectivity index (χ3v) is 4.16. The van der Waals surface area contributed by atoms with Crippen LogP contribution in [0.15, 0.2) is 10.5 Å². The lowest BCUT2D eigenvalue weighted by molar-refractivity contribution is -0.140. The molecule has 5 nitrogen and oxygen atoms in total. The molecule has 0 spiro atoms. The molecule has 0 bridgehead atoms. The van der Waals surface area contributed by atoms with Gasteiger partial charge < -0.3 is 19.3 Å². The summed E-state index contributed by atoms with van der Waals surface area (Å²) in [6, 6.07) is 1.72. The minimum absolute atomic E-state index is 0.139. The standard InChI is InChI=1S/C12H11BrO5/c1-16-9-6(12(2-3-12)11(14)15)4-7-10(8(9)13)18-5-17-7/h4H,2-3,5H2,1H3,(H,14,15). The van der Waals surface area contributed by atoms with Gasteiger partial charge in [-0.3, -0.25) is 4.79 Å². The van der Waals surface area contributed by atoms with Gasteiger partial charge in [-0.05, 0) is 34.8 Å². The second-order valence-electron chi connectivity index (χ2n) is 4.39. The van der Waals surface area contributed by atoms with E-state index in [0.29, 0.717) is 40.1 Å². The van der Waals surface area contributed by atoms with Crippen molar-refractivity contribution in [2.24, 2.45) is 0 Å². The van der Waals surface area contributed by atoms with Crippen molar-refractivity contribution in [3.63, 3.8) is 0 Å². The SMILES string of the molecule is COc1c(C2(C(=O)O)CC2)cc2c(c1Br)OCO2. The maximum absolute atomic E-state index is 11.4. The zero-order valence-corrected chi connectivity index (χ0v) is 11.2. The van der Waals surface area contributed by atoms with Crippen molar-refractivity contribution in [1.82, 2.24) is 0 Å². The quantitative estimate of drug-likeness (QED) is 0.927. The molecule has 1 saturated carbocycles. The van der Waals surface area contributed by atoms with Crippen LogP contribution in [-0.2, 0) is 10.2 Å². The summed E-state index contributed by atoms with van der Waals surface area (Å²) in [5, 5.41) is 9.37. The molecule has 2 aliphatic rings. The number of methoxy groups -OCH3 is 1. The van der Waals surface area contributed by atoms with E-state index < -0.39 is 11.4 Å². The van der Waals surface area contributed by atoms with Crippen LogP contribution in [0.25, 0.3) is 0 Å². The number of rotatable bonds is 3. The maximum atomic E-state index is 11.4. The minimum Gasteiger partial charge on any atom is -0.495 e. The van der Waals surface area contributed by atoms with Crippen LogP contribution in [0.3, 0.4) is 0 Å². The second kappa shape index (κ2) is 3.78. The van der Waals surface area contributed by atoms with Gasteiger partial charge in [-0.25, -0.2) is 0 Å². The molecule has 1 aliphatic heterocycles. The van der Waals surface area contributed by atoms with E-state index in [-0.39, 0.29) is 6.79 Å². The van der Waals surface area contributed by atoms with Crippen molar-refractivity contribution in [3.8, 4) is 17.2 Å². The van der Waals surface area contributed by atoms with Crippen LogP contribution in [0.5, 0.6) is 17.2 Å². The molecule has 0 atom stereocenters. The van der Waals surface area contributed by atoms with Gasteiger partial charge in [0.1, 0.15) is 10.2 Å². The molecular formula is C12H11BrO5. The average molecular weight is 315 g/mol.